The third-order valence-electron chi connectivity index (χ3n) is 15.7. The Labute approximate surface area is 503 Å². The average molecular weight is 1130 g/mol. The zero-order valence-corrected chi connectivity index (χ0v) is 54.1. The summed E-state index contributed by atoms with van der Waals surface area (Å²) >= 11 is 0. The standard InChI is InChI=1S/C75H134O6/c1-4-7-10-13-16-19-22-25-27-29-31-33-35-36-37-38-39-40-41-43-44-46-48-50-53-56-59-62-65-68-74(77)80-71-72(70-79-73(76)67-64-61-58-55-52-24-21-18-15-12-9-6-3)81-75(78)69-66-63-60-57-54-51-49-47-45-42-34-32-30-28-26-23-20-17-14-11-8-5-2/h7,10,16,18-19,21,25,27,31,33,36-37,72H,4-6,8-9,11-15,17,20,22-24,26,28-30,32,34-35,38-71H2,1-3H3/b10-7-,19-16-,21-18-,27-25-,33-31-,37-36-. The molecule has 470 valence electrons. The molecule has 0 aliphatic heterocycles. The van der Waals surface area contributed by atoms with E-state index < -0.39 is 6.10 Å². The van der Waals surface area contributed by atoms with Gasteiger partial charge in [-0.05, 0) is 89.9 Å². The normalized spacial score (nSPS) is 12.5. The van der Waals surface area contributed by atoms with Crippen molar-refractivity contribution in [3.8, 4) is 0 Å². The highest BCUT2D eigenvalue weighted by Crippen LogP contribution is 2.18. The van der Waals surface area contributed by atoms with Crippen LogP contribution >= 0.6 is 0 Å². The van der Waals surface area contributed by atoms with Crippen LogP contribution in [0.4, 0.5) is 0 Å². The van der Waals surface area contributed by atoms with Gasteiger partial charge in [-0.2, -0.15) is 0 Å². The van der Waals surface area contributed by atoms with E-state index in [4.69, 9.17) is 14.2 Å². The van der Waals surface area contributed by atoms with Crippen LogP contribution in [0.15, 0.2) is 72.9 Å². The molecule has 0 aliphatic carbocycles. The molecule has 0 aromatic rings. The summed E-state index contributed by atoms with van der Waals surface area (Å²) in [7, 11) is 0. The summed E-state index contributed by atoms with van der Waals surface area (Å²) in [6.07, 6.45) is 90.8. The van der Waals surface area contributed by atoms with Gasteiger partial charge in [0, 0.05) is 19.3 Å². The van der Waals surface area contributed by atoms with Crippen molar-refractivity contribution < 1.29 is 28.6 Å². The quantitative estimate of drug-likeness (QED) is 0.0261. The van der Waals surface area contributed by atoms with Crippen molar-refractivity contribution in [3.05, 3.63) is 72.9 Å². The summed E-state index contributed by atoms with van der Waals surface area (Å²) in [6.45, 7) is 6.55. The van der Waals surface area contributed by atoms with Gasteiger partial charge < -0.3 is 14.2 Å². The van der Waals surface area contributed by atoms with Gasteiger partial charge in [-0.15, -0.1) is 0 Å². The van der Waals surface area contributed by atoms with E-state index in [1.54, 1.807) is 0 Å². The lowest BCUT2D eigenvalue weighted by Gasteiger charge is -2.18. The van der Waals surface area contributed by atoms with Crippen LogP contribution in [-0.4, -0.2) is 37.2 Å². The number of allylic oxidation sites excluding steroid dienone is 12. The third kappa shape index (κ3) is 67.5. The van der Waals surface area contributed by atoms with Crippen LogP contribution in [0.2, 0.25) is 0 Å². The Balaban J connectivity index is 4.21. The zero-order valence-electron chi connectivity index (χ0n) is 54.1. The predicted octanol–water partition coefficient (Wildman–Crippen LogP) is 24.4. The second-order valence-electron chi connectivity index (χ2n) is 23.8. The van der Waals surface area contributed by atoms with Gasteiger partial charge in [0.2, 0.25) is 0 Å². The number of hydrogen-bond donors (Lipinski definition) is 0. The first-order chi connectivity index (χ1) is 40.0. The highest BCUT2D eigenvalue weighted by molar-refractivity contribution is 5.71. The van der Waals surface area contributed by atoms with Crippen molar-refractivity contribution in [1.82, 2.24) is 0 Å². The molecule has 0 heterocycles. The van der Waals surface area contributed by atoms with Gasteiger partial charge >= 0.3 is 17.9 Å². The highest BCUT2D eigenvalue weighted by Gasteiger charge is 2.19. The Morgan fingerprint density at radius 1 is 0.259 bits per heavy atom. The first-order valence-electron chi connectivity index (χ1n) is 35.4. The summed E-state index contributed by atoms with van der Waals surface area (Å²) in [6, 6.07) is 0. The molecular weight excluding hydrogens is 997 g/mol. The molecule has 6 nitrogen and oxygen atoms in total. The smallest absolute Gasteiger partial charge is 0.306 e. The molecule has 0 radical (unpaired) electrons. The molecular formula is C75H134O6. The first kappa shape index (κ1) is 77.9. The summed E-state index contributed by atoms with van der Waals surface area (Å²) in [5, 5.41) is 0. The van der Waals surface area contributed by atoms with Crippen LogP contribution in [0.1, 0.15) is 367 Å². The molecule has 81 heavy (non-hydrogen) atoms. The second kappa shape index (κ2) is 69.3. The molecule has 0 fully saturated rings. The van der Waals surface area contributed by atoms with Crippen LogP contribution in [0, 0.1) is 0 Å². The maximum absolute atomic E-state index is 12.9. The molecule has 0 aromatic carbocycles. The molecule has 0 saturated heterocycles. The lowest BCUT2D eigenvalue weighted by atomic mass is 10.0. The molecule has 0 N–H and O–H groups in total. The SMILES string of the molecule is CC/C=C\C/C=C\C/C=C\C/C=C\C/C=C\CCCCCCCCCCCCCCCC(=O)OCC(COC(=O)CCCCCCC/C=C\CCCCC)OC(=O)CCCCCCCCCCCCCCCCCCCCCCCC. The minimum atomic E-state index is -0.777. The lowest BCUT2D eigenvalue weighted by Crippen LogP contribution is -2.30. The van der Waals surface area contributed by atoms with Crippen molar-refractivity contribution >= 4 is 17.9 Å². The molecule has 0 aliphatic rings. The minimum Gasteiger partial charge on any atom is -0.462 e. The molecule has 0 amide bonds. The van der Waals surface area contributed by atoms with Crippen molar-refractivity contribution in [1.29, 1.82) is 0 Å². The molecule has 1 atom stereocenters. The van der Waals surface area contributed by atoms with Crippen LogP contribution in [0.25, 0.3) is 0 Å². The first-order valence-corrected chi connectivity index (χ1v) is 35.4. The van der Waals surface area contributed by atoms with Crippen molar-refractivity contribution in [2.24, 2.45) is 0 Å². The van der Waals surface area contributed by atoms with Crippen LogP contribution in [0.5, 0.6) is 0 Å². The molecule has 6 heteroatoms. The van der Waals surface area contributed by atoms with E-state index in [2.05, 4.69) is 93.7 Å². The van der Waals surface area contributed by atoms with Gasteiger partial charge in [0.25, 0.3) is 0 Å². The van der Waals surface area contributed by atoms with E-state index in [-0.39, 0.29) is 31.1 Å². The molecule has 0 bridgehead atoms. The fourth-order valence-corrected chi connectivity index (χ4v) is 10.4. The number of carbonyl (C=O) groups is 3. The number of carbonyl (C=O) groups excluding carboxylic acids is 3. The Morgan fingerprint density at radius 2 is 0.481 bits per heavy atom. The van der Waals surface area contributed by atoms with Gasteiger partial charge in [0.1, 0.15) is 13.2 Å². The summed E-state index contributed by atoms with van der Waals surface area (Å²) in [4.78, 5) is 38.4. The molecule has 0 aromatic heterocycles. The Bertz CT molecular complexity index is 1490. The van der Waals surface area contributed by atoms with Gasteiger partial charge in [0.05, 0.1) is 0 Å². The van der Waals surface area contributed by atoms with Crippen molar-refractivity contribution in [2.75, 3.05) is 13.2 Å². The number of hydrogen-bond acceptors (Lipinski definition) is 6. The highest BCUT2D eigenvalue weighted by atomic mass is 16.6. The van der Waals surface area contributed by atoms with E-state index >= 15 is 0 Å². The number of rotatable bonds is 65. The van der Waals surface area contributed by atoms with E-state index in [1.165, 1.54) is 231 Å². The van der Waals surface area contributed by atoms with Gasteiger partial charge in [0.15, 0.2) is 6.10 Å². The summed E-state index contributed by atoms with van der Waals surface area (Å²) < 4.78 is 17.0. The third-order valence-corrected chi connectivity index (χ3v) is 15.7. The zero-order chi connectivity index (χ0) is 58.5. The predicted molar refractivity (Wildman–Crippen MR) is 353 cm³/mol. The minimum absolute atomic E-state index is 0.0740. The largest absolute Gasteiger partial charge is 0.462 e. The summed E-state index contributed by atoms with van der Waals surface area (Å²) in [5.74, 6) is -0.862. The van der Waals surface area contributed by atoms with E-state index in [9.17, 15) is 14.4 Å². The topological polar surface area (TPSA) is 78.9 Å². The molecule has 0 saturated carbocycles. The Morgan fingerprint density at radius 3 is 0.790 bits per heavy atom. The second-order valence-corrected chi connectivity index (χ2v) is 23.8. The Kier molecular flexibility index (Phi) is 66.6. The van der Waals surface area contributed by atoms with Gasteiger partial charge in [-0.25, -0.2) is 0 Å². The molecule has 1 unspecified atom stereocenters. The Hall–Kier alpha value is -3.15. The van der Waals surface area contributed by atoms with E-state index in [0.29, 0.717) is 19.3 Å². The number of unbranched alkanes of at least 4 members (excludes halogenated alkanes) is 42. The van der Waals surface area contributed by atoms with E-state index in [1.807, 2.05) is 0 Å². The average Bonchev–Trinajstić information content (AvgIpc) is 3.47. The fraction of sp³-hybridized carbons (Fsp3) is 0.800. The maximum atomic E-state index is 12.9. The molecule has 0 rings (SSSR count). The van der Waals surface area contributed by atoms with Crippen LogP contribution in [-0.2, 0) is 28.6 Å². The maximum Gasteiger partial charge on any atom is 0.306 e. The summed E-state index contributed by atoms with van der Waals surface area (Å²) in [5.41, 5.74) is 0. The van der Waals surface area contributed by atoms with Crippen LogP contribution < -0.4 is 0 Å². The number of ether oxygens (including phenoxy) is 3. The van der Waals surface area contributed by atoms with Crippen LogP contribution in [0.3, 0.4) is 0 Å². The van der Waals surface area contributed by atoms with E-state index in [0.717, 1.165) is 96.3 Å². The number of esters is 3. The van der Waals surface area contributed by atoms with Gasteiger partial charge in [-0.1, -0.05) is 331 Å². The monoisotopic (exact) mass is 1130 g/mol. The van der Waals surface area contributed by atoms with Crippen molar-refractivity contribution in [3.63, 3.8) is 0 Å². The fourth-order valence-electron chi connectivity index (χ4n) is 10.4. The van der Waals surface area contributed by atoms with Crippen molar-refractivity contribution in [2.45, 2.75) is 374 Å². The molecule has 0 spiro atoms. The van der Waals surface area contributed by atoms with Gasteiger partial charge in [-0.3, -0.25) is 14.4 Å². The lowest BCUT2D eigenvalue weighted by molar-refractivity contribution is -0.167.